The second-order valence-electron chi connectivity index (χ2n) is 9.51. The van der Waals surface area contributed by atoms with E-state index < -0.39 is 11.4 Å². The number of aromatic nitrogens is 2. The first-order valence-electron chi connectivity index (χ1n) is 10.9. The molecule has 7 heteroatoms. The number of carbonyl (C=O) groups is 1. The van der Waals surface area contributed by atoms with Gasteiger partial charge in [-0.15, -0.1) is 0 Å². The van der Waals surface area contributed by atoms with E-state index in [9.17, 15) is 19.1 Å². The quantitative estimate of drug-likeness (QED) is 0.656. The van der Waals surface area contributed by atoms with Crippen LogP contribution in [0.15, 0.2) is 41.3 Å². The van der Waals surface area contributed by atoms with Crippen LogP contribution in [0.5, 0.6) is 0 Å². The van der Waals surface area contributed by atoms with Crippen LogP contribution in [0.1, 0.15) is 61.8 Å². The van der Waals surface area contributed by atoms with Crippen LogP contribution < -0.4 is 10.9 Å². The molecule has 1 fully saturated rings. The van der Waals surface area contributed by atoms with E-state index in [1.807, 2.05) is 45.0 Å². The Morgan fingerprint density at radius 3 is 2.69 bits per heavy atom. The third kappa shape index (κ3) is 4.30. The van der Waals surface area contributed by atoms with Gasteiger partial charge < -0.3 is 10.4 Å². The SMILES string of the molecule is CC(C)(C)c1cc(F)c2c(=O)n(Cc3ccc(C4CCNC(=O)C4)c(CO)c3)ncc2c1. The molecule has 1 unspecified atom stereocenters. The lowest BCUT2D eigenvalue weighted by Crippen LogP contribution is -2.32. The lowest BCUT2D eigenvalue weighted by atomic mass is 9.86. The molecular weight excluding hydrogens is 409 g/mol. The van der Waals surface area contributed by atoms with E-state index in [1.54, 1.807) is 0 Å². The molecule has 4 rings (SSSR count). The van der Waals surface area contributed by atoms with E-state index in [0.717, 1.165) is 28.7 Å². The van der Waals surface area contributed by atoms with Crippen LogP contribution in [0, 0.1) is 5.82 Å². The highest BCUT2D eigenvalue weighted by atomic mass is 19.1. The van der Waals surface area contributed by atoms with E-state index in [4.69, 9.17) is 0 Å². The summed E-state index contributed by atoms with van der Waals surface area (Å²) in [6.45, 7) is 6.59. The second kappa shape index (κ2) is 8.47. The number of rotatable bonds is 4. The second-order valence-corrected chi connectivity index (χ2v) is 9.51. The molecule has 2 heterocycles. The van der Waals surface area contributed by atoms with Gasteiger partial charge in [-0.3, -0.25) is 9.59 Å². The van der Waals surface area contributed by atoms with Crippen molar-refractivity contribution in [3.8, 4) is 0 Å². The predicted octanol–water partition coefficient (Wildman–Crippen LogP) is 3.37. The van der Waals surface area contributed by atoms with Crippen molar-refractivity contribution in [2.24, 2.45) is 0 Å². The fourth-order valence-electron chi connectivity index (χ4n) is 4.33. The topological polar surface area (TPSA) is 84.2 Å². The molecule has 0 radical (unpaired) electrons. The normalized spacial score (nSPS) is 16.9. The highest BCUT2D eigenvalue weighted by molar-refractivity contribution is 5.82. The van der Waals surface area contributed by atoms with Crippen LogP contribution in [0.4, 0.5) is 4.39 Å². The average Bonchev–Trinajstić information content (AvgIpc) is 2.74. The van der Waals surface area contributed by atoms with Gasteiger partial charge in [-0.1, -0.05) is 39.0 Å². The van der Waals surface area contributed by atoms with Gasteiger partial charge in [-0.2, -0.15) is 5.10 Å². The molecule has 1 aliphatic heterocycles. The highest BCUT2D eigenvalue weighted by Gasteiger charge is 2.23. The average molecular weight is 438 g/mol. The molecule has 6 nitrogen and oxygen atoms in total. The van der Waals surface area contributed by atoms with Crippen molar-refractivity contribution in [1.82, 2.24) is 15.1 Å². The van der Waals surface area contributed by atoms with Crippen LogP contribution in [-0.2, 0) is 23.4 Å². The number of halogens is 1. The Hall–Kier alpha value is -3.06. The van der Waals surface area contributed by atoms with Crippen molar-refractivity contribution in [3.05, 3.63) is 75.0 Å². The fourth-order valence-corrected chi connectivity index (χ4v) is 4.33. The van der Waals surface area contributed by atoms with E-state index in [-0.39, 0.29) is 35.8 Å². The summed E-state index contributed by atoms with van der Waals surface area (Å²) < 4.78 is 16.1. The molecular formula is C25H28FN3O3. The zero-order valence-corrected chi connectivity index (χ0v) is 18.6. The minimum Gasteiger partial charge on any atom is -0.392 e. The standard InChI is InChI=1S/C25H28FN3O3/c1-25(2,3)19-9-17-12-28-29(24(32)23(17)21(26)11-19)13-15-4-5-20(18(8-15)14-30)16-6-7-27-22(31)10-16/h4-5,8-9,11-12,16,30H,6-7,10,13-14H2,1-3H3,(H,27,31). The molecule has 2 aromatic carbocycles. The molecule has 1 atom stereocenters. The molecule has 1 aliphatic rings. The van der Waals surface area contributed by atoms with Gasteiger partial charge in [-0.25, -0.2) is 9.07 Å². The number of hydrogen-bond donors (Lipinski definition) is 2. The third-order valence-corrected chi connectivity index (χ3v) is 6.17. The molecule has 168 valence electrons. The number of amides is 1. The molecule has 3 aromatic rings. The van der Waals surface area contributed by atoms with Crippen molar-refractivity contribution in [2.45, 2.75) is 58.1 Å². The molecule has 2 N–H and O–H groups in total. The molecule has 0 saturated carbocycles. The summed E-state index contributed by atoms with van der Waals surface area (Å²) in [6.07, 6.45) is 2.74. The largest absolute Gasteiger partial charge is 0.392 e. The summed E-state index contributed by atoms with van der Waals surface area (Å²) in [6, 6.07) is 8.85. The number of nitrogens with one attached hydrogen (secondary N) is 1. The molecule has 0 aliphatic carbocycles. The summed E-state index contributed by atoms with van der Waals surface area (Å²) in [5, 5.41) is 17.5. The maximum absolute atomic E-state index is 14.9. The predicted molar refractivity (Wildman–Crippen MR) is 121 cm³/mol. The third-order valence-electron chi connectivity index (χ3n) is 6.17. The van der Waals surface area contributed by atoms with Crippen LogP contribution in [0.2, 0.25) is 0 Å². The Labute approximate surface area is 186 Å². The Bertz CT molecular complexity index is 1240. The van der Waals surface area contributed by atoms with E-state index >= 15 is 0 Å². The van der Waals surface area contributed by atoms with Crippen molar-refractivity contribution in [3.63, 3.8) is 0 Å². The van der Waals surface area contributed by atoms with Gasteiger partial charge in [0.2, 0.25) is 5.91 Å². The first kappa shape index (κ1) is 22.1. The van der Waals surface area contributed by atoms with Gasteiger partial charge in [0.15, 0.2) is 0 Å². The van der Waals surface area contributed by atoms with Gasteiger partial charge in [0.1, 0.15) is 5.82 Å². The minimum atomic E-state index is -0.546. The van der Waals surface area contributed by atoms with Crippen LogP contribution in [0.25, 0.3) is 10.8 Å². The number of benzene rings is 2. The minimum absolute atomic E-state index is 0.0118. The van der Waals surface area contributed by atoms with Gasteiger partial charge in [0.05, 0.1) is 24.7 Å². The number of aliphatic hydroxyl groups is 1. The fraction of sp³-hybridized carbons (Fsp3) is 0.400. The summed E-state index contributed by atoms with van der Waals surface area (Å²) >= 11 is 0. The Morgan fingerprint density at radius 1 is 1.22 bits per heavy atom. The zero-order chi connectivity index (χ0) is 23.0. The summed E-state index contributed by atoms with van der Waals surface area (Å²) in [7, 11) is 0. The van der Waals surface area contributed by atoms with Gasteiger partial charge in [0, 0.05) is 18.4 Å². The van der Waals surface area contributed by atoms with Crippen LogP contribution in [0.3, 0.4) is 0 Å². The number of carbonyl (C=O) groups excluding carboxylic acids is 1. The lowest BCUT2D eigenvalue weighted by molar-refractivity contribution is -0.122. The molecule has 0 spiro atoms. The van der Waals surface area contributed by atoms with Crippen molar-refractivity contribution < 1.29 is 14.3 Å². The molecule has 1 saturated heterocycles. The van der Waals surface area contributed by atoms with Crippen molar-refractivity contribution >= 4 is 16.7 Å². The van der Waals surface area contributed by atoms with E-state index in [0.29, 0.717) is 18.4 Å². The smallest absolute Gasteiger partial charge is 0.277 e. The molecule has 32 heavy (non-hydrogen) atoms. The maximum Gasteiger partial charge on any atom is 0.277 e. The van der Waals surface area contributed by atoms with Crippen LogP contribution in [-0.4, -0.2) is 27.3 Å². The first-order valence-corrected chi connectivity index (χ1v) is 10.9. The summed E-state index contributed by atoms with van der Waals surface area (Å²) in [4.78, 5) is 24.7. The number of piperidine rings is 1. The van der Waals surface area contributed by atoms with E-state index in [2.05, 4.69) is 10.4 Å². The zero-order valence-electron chi connectivity index (χ0n) is 18.6. The van der Waals surface area contributed by atoms with Gasteiger partial charge in [0.25, 0.3) is 5.56 Å². The Kier molecular flexibility index (Phi) is 5.86. The molecule has 1 amide bonds. The molecule has 0 bridgehead atoms. The number of nitrogens with zero attached hydrogens (tertiary/aromatic N) is 2. The van der Waals surface area contributed by atoms with E-state index in [1.165, 1.54) is 16.9 Å². The van der Waals surface area contributed by atoms with Crippen LogP contribution >= 0.6 is 0 Å². The van der Waals surface area contributed by atoms with Gasteiger partial charge >= 0.3 is 0 Å². The monoisotopic (exact) mass is 437 g/mol. The lowest BCUT2D eigenvalue weighted by Gasteiger charge is -2.24. The molecule has 1 aromatic heterocycles. The summed E-state index contributed by atoms with van der Waals surface area (Å²) in [5.74, 6) is -0.471. The summed E-state index contributed by atoms with van der Waals surface area (Å²) in [5.41, 5.74) is 2.53. The number of aliphatic hydroxyl groups excluding tert-OH is 1. The number of fused-ring (bicyclic) bond motifs is 1. The van der Waals surface area contributed by atoms with Gasteiger partial charge in [-0.05, 0) is 52.1 Å². The maximum atomic E-state index is 14.9. The highest BCUT2D eigenvalue weighted by Crippen LogP contribution is 2.30. The first-order chi connectivity index (χ1) is 15.2. The Balaban J connectivity index is 1.67. The number of hydrogen-bond acceptors (Lipinski definition) is 4. The Morgan fingerprint density at radius 2 is 2.00 bits per heavy atom. The van der Waals surface area contributed by atoms with Crippen molar-refractivity contribution in [2.75, 3.05) is 6.54 Å². The van der Waals surface area contributed by atoms with Crippen molar-refractivity contribution in [1.29, 1.82) is 0 Å².